The van der Waals surface area contributed by atoms with Gasteiger partial charge in [0, 0.05) is 44.2 Å². The lowest BCUT2D eigenvalue weighted by Crippen LogP contribution is -2.39. The van der Waals surface area contributed by atoms with Gasteiger partial charge in [0.25, 0.3) is 5.91 Å². The predicted octanol–water partition coefficient (Wildman–Crippen LogP) is 2.28. The Kier molecular flexibility index (Phi) is 9.47. The van der Waals surface area contributed by atoms with Gasteiger partial charge in [-0.3, -0.25) is 9.59 Å². The van der Waals surface area contributed by atoms with Crippen LogP contribution >= 0.6 is 0 Å². The van der Waals surface area contributed by atoms with E-state index in [0.29, 0.717) is 18.5 Å². The maximum Gasteiger partial charge on any atom is 0.251 e. The van der Waals surface area contributed by atoms with Gasteiger partial charge in [-0.25, -0.2) is 4.99 Å². The molecule has 3 N–H and O–H groups in total. The maximum atomic E-state index is 12.2. The van der Waals surface area contributed by atoms with Crippen LogP contribution in [0.15, 0.2) is 29.3 Å². The summed E-state index contributed by atoms with van der Waals surface area (Å²) in [5.41, 5.74) is 1.71. The highest BCUT2D eigenvalue weighted by molar-refractivity contribution is 5.94. The van der Waals surface area contributed by atoms with E-state index < -0.39 is 0 Å². The third kappa shape index (κ3) is 7.75. The van der Waals surface area contributed by atoms with Gasteiger partial charge in [-0.15, -0.1) is 0 Å². The van der Waals surface area contributed by atoms with Gasteiger partial charge in [0.15, 0.2) is 5.96 Å². The number of nitrogens with zero attached hydrogens (tertiary/aromatic N) is 2. The SMILES string of the molecule is CCNC(=NCc1ccc(C(=O)NC(C)CC)cc1)NCCCN1CCCC1=O. The Labute approximate surface area is 174 Å². The summed E-state index contributed by atoms with van der Waals surface area (Å²) in [6.45, 7) is 9.85. The van der Waals surface area contributed by atoms with Crippen molar-refractivity contribution in [2.24, 2.45) is 4.99 Å². The summed E-state index contributed by atoms with van der Waals surface area (Å²) < 4.78 is 0. The van der Waals surface area contributed by atoms with Crippen molar-refractivity contribution in [2.45, 2.75) is 59.0 Å². The highest BCUT2D eigenvalue weighted by Gasteiger charge is 2.18. The van der Waals surface area contributed by atoms with Crippen LogP contribution in [0, 0.1) is 0 Å². The fraction of sp³-hybridized carbons (Fsp3) is 0.591. The van der Waals surface area contributed by atoms with Gasteiger partial charge < -0.3 is 20.9 Å². The van der Waals surface area contributed by atoms with E-state index in [9.17, 15) is 9.59 Å². The summed E-state index contributed by atoms with van der Waals surface area (Å²) in [6.07, 6.45) is 3.48. The Morgan fingerprint density at radius 3 is 2.59 bits per heavy atom. The topological polar surface area (TPSA) is 85.8 Å². The first-order chi connectivity index (χ1) is 14.0. The number of rotatable bonds is 10. The lowest BCUT2D eigenvalue weighted by molar-refractivity contribution is -0.127. The van der Waals surface area contributed by atoms with Crippen LogP contribution in [0.5, 0.6) is 0 Å². The molecule has 0 aromatic heterocycles. The molecule has 2 rings (SSSR count). The standard InChI is InChI=1S/C22H35N5O2/c1-4-17(3)26-21(29)19-11-9-18(10-12-19)16-25-22(23-5-2)24-13-7-15-27-14-6-8-20(27)28/h9-12,17H,4-8,13-16H2,1-3H3,(H,26,29)(H2,23,24,25). The van der Waals surface area contributed by atoms with Crippen molar-refractivity contribution in [1.29, 1.82) is 0 Å². The fourth-order valence-corrected chi connectivity index (χ4v) is 3.10. The Morgan fingerprint density at radius 2 is 1.97 bits per heavy atom. The Bertz CT molecular complexity index is 687. The van der Waals surface area contributed by atoms with E-state index in [1.807, 2.05) is 49.9 Å². The fourth-order valence-electron chi connectivity index (χ4n) is 3.10. The summed E-state index contributed by atoms with van der Waals surface area (Å²) in [5, 5.41) is 9.54. The molecule has 1 aromatic rings. The molecule has 2 amide bonds. The summed E-state index contributed by atoms with van der Waals surface area (Å²) in [6, 6.07) is 7.74. The van der Waals surface area contributed by atoms with Gasteiger partial charge >= 0.3 is 0 Å². The van der Waals surface area contributed by atoms with E-state index >= 15 is 0 Å². The van der Waals surface area contributed by atoms with Gasteiger partial charge in [-0.1, -0.05) is 19.1 Å². The van der Waals surface area contributed by atoms with Crippen LogP contribution < -0.4 is 16.0 Å². The lowest BCUT2D eigenvalue weighted by Gasteiger charge is -2.16. The van der Waals surface area contributed by atoms with E-state index in [1.54, 1.807) is 0 Å². The molecule has 29 heavy (non-hydrogen) atoms. The van der Waals surface area contributed by atoms with Crippen molar-refractivity contribution in [3.05, 3.63) is 35.4 Å². The number of carbonyl (C=O) groups excluding carboxylic acids is 2. The number of hydrogen-bond acceptors (Lipinski definition) is 3. The van der Waals surface area contributed by atoms with Crippen LogP contribution in [-0.4, -0.2) is 54.9 Å². The molecule has 1 heterocycles. The summed E-state index contributed by atoms with van der Waals surface area (Å²) in [5.74, 6) is 0.992. The van der Waals surface area contributed by atoms with Gasteiger partial charge in [0.2, 0.25) is 5.91 Å². The van der Waals surface area contributed by atoms with E-state index in [0.717, 1.165) is 57.0 Å². The van der Waals surface area contributed by atoms with Gasteiger partial charge in [0.05, 0.1) is 6.54 Å². The van der Waals surface area contributed by atoms with Crippen LogP contribution in [-0.2, 0) is 11.3 Å². The van der Waals surface area contributed by atoms with Crippen molar-refractivity contribution >= 4 is 17.8 Å². The quantitative estimate of drug-likeness (QED) is 0.319. The number of carbonyl (C=O) groups is 2. The number of benzene rings is 1. The van der Waals surface area contributed by atoms with Crippen LogP contribution in [0.25, 0.3) is 0 Å². The smallest absolute Gasteiger partial charge is 0.251 e. The van der Waals surface area contributed by atoms with Gasteiger partial charge in [-0.05, 0) is 50.8 Å². The summed E-state index contributed by atoms with van der Waals surface area (Å²) in [4.78, 5) is 30.4. The number of amides is 2. The Balaban J connectivity index is 1.80. The molecule has 1 atom stereocenters. The van der Waals surface area contributed by atoms with E-state index in [2.05, 4.69) is 20.9 Å². The predicted molar refractivity (Wildman–Crippen MR) is 117 cm³/mol. The van der Waals surface area contributed by atoms with Crippen LogP contribution in [0.4, 0.5) is 0 Å². The zero-order chi connectivity index (χ0) is 21.1. The van der Waals surface area contributed by atoms with Gasteiger partial charge in [0.1, 0.15) is 0 Å². The summed E-state index contributed by atoms with van der Waals surface area (Å²) in [7, 11) is 0. The molecule has 0 bridgehead atoms. The third-order valence-corrected chi connectivity index (χ3v) is 5.04. The van der Waals surface area contributed by atoms with E-state index in [-0.39, 0.29) is 17.9 Å². The largest absolute Gasteiger partial charge is 0.357 e. The molecule has 0 saturated carbocycles. The second kappa shape index (κ2) is 12.1. The lowest BCUT2D eigenvalue weighted by atomic mass is 10.1. The average Bonchev–Trinajstić information content (AvgIpc) is 3.14. The Hall–Kier alpha value is -2.57. The molecule has 0 radical (unpaired) electrons. The Morgan fingerprint density at radius 1 is 1.21 bits per heavy atom. The molecule has 7 nitrogen and oxygen atoms in total. The zero-order valence-corrected chi connectivity index (χ0v) is 18.0. The monoisotopic (exact) mass is 401 g/mol. The van der Waals surface area contributed by atoms with Crippen molar-refractivity contribution < 1.29 is 9.59 Å². The zero-order valence-electron chi connectivity index (χ0n) is 18.0. The first-order valence-electron chi connectivity index (χ1n) is 10.7. The molecule has 1 aliphatic rings. The molecule has 160 valence electrons. The molecular formula is C22H35N5O2. The number of likely N-dealkylation sites (tertiary alicyclic amines) is 1. The van der Waals surface area contributed by atoms with E-state index in [1.165, 1.54) is 0 Å². The second-order valence-electron chi connectivity index (χ2n) is 7.44. The minimum Gasteiger partial charge on any atom is -0.357 e. The molecule has 0 spiro atoms. The van der Waals surface area contributed by atoms with Crippen LogP contribution in [0.3, 0.4) is 0 Å². The molecule has 1 saturated heterocycles. The highest BCUT2D eigenvalue weighted by atomic mass is 16.2. The van der Waals surface area contributed by atoms with E-state index in [4.69, 9.17) is 0 Å². The van der Waals surface area contributed by atoms with Crippen molar-refractivity contribution in [2.75, 3.05) is 26.2 Å². The molecule has 1 unspecified atom stereocenters. The number of aliphatic imine (C=N–C) groups is 1. The van der Waals surface area contributed by atoms with Crippen LogP contribution in [0.2, 0.25) is 0 Å². The highest BCUT2D eigenvalue weighted by Crippen LogP contribution is 2.09. The minimum absolute atomic E-state index is 0.0408. The van der Waals surface area contributed by atoms with Crippen LogP contribution in [0.1, 0.15) is 62.4 Å². The van der Waals surface area contributed by atoms with Crippen molar-refractivity contribution in [1.82, 2.24) is 20.9 Å². The second-order valence-corrected chi connectivity index (χ2v) is 7.44. The molecule has 7 heteroatoms. The molecular weight excluding hydrogens is 366 g/mol. The number of nitrogens with one attached hydrogen (secondary N) is 3. The minimum atomic E-state index is -0.0408. The first-order valence-corrected chi connectivity index (χ1v) is 10.7. The van der Waals surface area contributed by atoms with Gasteiger partial charge in [-0.2, -0.15) is 0 Å². The normalized spacial score (nSPS) is 15.3. The van der Waals surface area contributed by atoms with Crippen molar-refractivity contribution in [3.8, 4) is 0 Å². The molecule has 1 aromatic carbocycles. The number of hydrogen-bond donors (Lipinski definition) is 3. The average molecular weight is 402 g/mol. The number of guanidine groups is 1. The molecule has 1 fully saturated rings. The molecule has 1 aliphatic heterocycles. The van der Waals surface area contributed by atoms with Crippen molar-refractivity contribution in [3.63, 3.8) is 0 Å². The third-order valence-electron chi connectivity index (χ3n) is 5.04. The summed E-state index contributed by atoms with van der Waals surface area (Å²) >= 11 is 0. The first kappa shape index (κ1) is 22.7. The molecule has 0 aliphatic carbocycles. The maximum absolute atomic E-state index is 12.2.